The van der Waals surface area contributed by atoms with Crippen molar-refractivity contribution in [2.45, 2.75) is 12.5 Å². The van der Waals surface area contributed by atoms with Gasteiger partial charge in [0.25, 0.3) is 0 Å². The SMILES string of the molecule is COC(=O)[C@H](CCBr)NCC(=O)O. The largest absolute Gasteiger partial charge is 0.480 e. The number of carboxylic acids is 1. The number of hydrogen-bond donors (Lipinski definition) is 2. The van der Waals surface area contributed by atoms with Gasteiger partial charge in [0.15, 0.2) is 0 Å². The molecule has 13 heavy (non-hydrogen) atoms. The number of alkyl halides is 1. The second kappa shape index (κ2) is 6.85. The van der Waals surface area contributed by atoms with E-state index in [1.807, 2.05) is 0 Å². The van der Waals surface area contributed by atoms with Crippen molar-refractivity contribution in [1.82, 2.24) is 5.32 Å². The molecule has 0 aromatic rings. The van der Waals surface area contributed by atoms with Crippen molar-refractivity contribution in [2.24, 2.45) is 0 Å². The van der Waals surface area contributed by atoms with Gasteiger partial charge in [0.05, 0.1) is 13.7 Å². The number of carboxylic acid groups (broad SMARTS) is 1. The highest BCUT2D eigenvalue weighted by Crippen LogP contribution is 1.98. The lowest BCUT2D eigenvalue weighted by Crippen LogP contribution is -2.40. The van der Waals surface area contributed by atoms with E-state index < -0.39 is 18.0 Å². The minimum atomic E-state index is -0.997. The molecule has 0 spiro atoms. The Morgan fingerprint density at radius 3 is 2.62 bits per heavy atom. The summed E-state index contributed by atoms with van der Waals surface area (Å²) in [6.07, 6.45) is 0.500. The van der Waals surface area contributed by atoms with Crippen LogP contribution in [0.1, 0.15) is 6.42 Å². The van der Waals surface area contributed by atoms with Crippen LogP contribution in [0.2, 0.25) is 0 Å². The zero-order valence-corrected chi connectivity index (χ0v) is 8.83. The second-order valence-corrected chi connectivity index (χ2v) is 3.12. The van der Waals surface area contributed by atoms with E-state index >= 15 is 0 Å². The molecule has 0 rings (SSSR count). The molecule has 5 nitrogen and oxygen atoms in total. The van der Waals surface area contributed by atoms with Gasteiger partial charge in [-0.15, -0.1) is 0 Å². The van der Waals surface area contributed by atoms with E-state index in [1.165, 1.54) is 7.11 Å². The monoisotopic (exact) mass is 253 g/mol. The Morgan fingerprint density at radius 1 is 1.62 bits per heavy atom. The molecule has 0 aliphatic rings. The standard InChI is InChI=1S/C7H12BrNO4/c1-13-7(12)5(2-3-8)9-4-6(10)11/h5,9H,2-4H2,1H3,(H,10,11)/t5-/m0/s1. The number of esters is 1. The fourth-order valence-electron chi connectivity index (χ4n) is 0.765. The highest BCUT2D eigenvalue weighted by Gasteiger charge is 2.18. The topological polar surface area (TPSA) is 75.6 Å². The molecule has 6 heteroatoms. The van der Waals surface area contributed by atoms with E-state index in [2.05, 4.69) is 26.0 Å². The fourth-order valence-corrected chi connectivity index (χ4v) is 1.22. The van der Waals surface area contributed by atoms with E-state index in [0.717, 1.165) is 0 Å². The number of halogens is 1. The Kier molecular flexibility index (Phi) is 6.52. The maximum atomic E-state index is 11.0. The van der Waals surface area contributed by atoms with E-state index in [4.69, 9.17) is 5.11 Å². The Hall–Kier alpha value is -0.620. The molecule has 0 fully saturated rings. The van der Waals surface area contributed by atoms with Gasteiger partial charge in [-0.2, -0.15) is 0 Å². The Bertz CT molecular complexity index is 185. The summed E-state index contributed by atoms with van der Waals surface area (Å²) < 4.78 is 4.48. The second-order valence-electron chi connectivity index (χ2n) is 2.33. The van der Waals surface area contributed by atoms with Crippen LogP contribution >= 0.6 is 15.9 Å². The zero-order chi connectivity index (χ0) is 10.3. The number of ether oxygens (including phenoxy) is 1. The summed E-state index contributed by atoms with van der Waals surface area (Å²) in [7, 11) is 1.27. The number of carbonyl (C=O) groups is 2. The van der Waals surface area contributed by atoms with Crippen LogP contribution < -0.4 is 5.32 Å². The summed E-state index contributed by atoms with van der Waals surface area (Å²) in [5.41, 5.74) is 0. The molecule has 0 saturated heterocycles. The van der Waals surface area contributed by atoms with Crippen LogP contribution in [-0.2, 0) is 14.3 Å². The molecule has 0 aromatic carbocycles. The van der Waals surface area contributed by atoms with E-state index in [-0.39, 0.29) is 6.54 Å². The van der Waals surface area contributed by atoms with Crippen LogP contribution in [0.4, 0.5) is 0 Å². The summed E-state index contributed by atoms with van der Waals surface area (Å²) in [6, 6.07) is -0.555. The van der Waals surface area contributed by atoms with Crippen LogP contribution in [0.3, 0.4) is 0 Å². The minimum Gasteiger partial charge on any atom is -0.480 e. The van der Waals surface area contributed by atoms with Gasteiger partial charge < -0.3 is 9.84 Å². The molecular formula is C7H12BrNO4. The van der Waals surface area contributed by atoms with Gasteiger partial charge in [0.2, 0.25) is 0 Å². The molecule has 0 aliphatic heterocycles. The van der Waals surface area contributed by atoms with Gasteiger partial charge in [-0.3, -0.25) is 14.9 Å². The number of hydrogen-bond acceptors (Lipinski definition) is 4. The molecule has 0 aliphatic carbocycles. The summed E-state index contributed by atoms with van der Waals surface area (Å²) in [5.74, 6) is -1.44. The molecule has 2 N–H and O–H groups in total. The van der Waals surface area contributed by atoms with Crippen molar-refractivity contribution in [1.29, 1.82) is 0 Å². The van der Waals surface area contributed by atoms with E-state index in [1.54, 1.807) is 0 Å². The number of carbonyl (C=O) groups excluding carboxylic acids is 1. The molecular weight excluding hydrogens is 242 g/mol. The highest BCUT2D eigenvalue weighted by atomic mass is 79.9. The van der Waals surface area contributed by atoms with Crippen molar-refractivity contribution in [3.63, 3.8) is 0 Å². The number of rotatable bonds is 6. The van der Waals surface area contributed by atoms with Gasteiger partial charge in [0, 0.05) is 5.33 Å². The molecule has 0 heterocycles. The van der Waals surface area contributed by atoms with Crippen molar-refractivity contribution < 1.29 is 19.4 Å². The molecule has 0 amide bonds. The predicted octanol–water partition coefficient (Wildman–Crippen LogP) is -0.0128. The minimum absolute atomic E-state index is 0.243. The van der Waals surface area contributed by atoms with E-state index in [0.29, 0.717) is 11.8 Å². The molecule has 0 aromatic heterocycles. The van der Waals surface area contributed by atoms with Crippen LogP contribution in [0, 0.1) is 0 Å². The maximum Gasteiger partial charge on any atom is 0.322 e. The van der Waals surface area contributed by atoms with Crippen LogP contribution in [0.15, 0.2) is 0 Å². The lowest BCUT2D eigenvalue weighted by molar-refractivity contribution is -0.143. The average molecular weight is 254 g/mol. The third-order valence-corrected chi connectivity index (χ3v) is 1.84. The molecule has 0 radical (unpaired) electrons. The maximum absolute atomic E-state index is 11.0. The smallest absolute Gasteiger partial charge is 0.322 e. The Morgan fingerprint density at radius 2 is 2.23 bits per heavy atom. The van der Waals surface area contributed by atoms with E-state index in [9.17, 15) is 9.59 Å². The normalized spacial score (nSPS) is 12.2. The first-order valence-electron chi connectivity index (χ1n) is 3.70. The van der Waals surface area contributed by atoms with Gasteiger partial charge in [-0.25, -0.2) is 0 Å². The summed E-state index contributed by atoms with van der Waals surface area (Å²) in [4.78, 5) is 21.2. The van der Waals surface area contributed by atoms with Crippen molar-refractivity contribution in [3.8, 4) is 0 Å². The first kappa shape index (κ1) is 12.4. The van der Waals surface area contributed by atoms with Gasteiger partial charge in [-0.1, -0.05) is 15.9 Å². The number of methoxy groups -OCH3 is 1. The summed E-state index contributed by atoms with van der Waals surface area (Å²) >= 11 is 3.16. The Balaban J connectivity index is 3.93. The third-order valence-electron chi connectivity index (χ3n) is 1.38. The van der Waals surface area contributed by atoms with Gasteiger partial charge >= 0.3 is 11.9 Å². The Labute approximate surface area is 84.6 Å². The van der Waals surface area contributed by atoms with Crippen LogP contribution in [-0.4, -0.2) is 42.1 Å². The summed E-state index contributed by atoms with van der Waals surface area (Å²) in [5, 5.41) is 11.5. The van der Waals surface area contributed by atoms with Gasteiger partial charge in [0.1, 0.15) is 6.04 Å². The predicted molar refractivity (Wildman–Crippen MR) is 49.9 cm³/mol. The number of aliphatic carboxylic acids is 1. The van der Waals surface area contributed by atoms with Crippen molar-refractivity contribution >= 4 is 27.9 Å². The third kappa shape index (κ3) is 5.59. The first-order chi connectivity index (χ1) is 6.11. The van der Waals surface area contributed by atoms with Crippen LogP contribution in [0.25, 0.3) is 0 Å². The average Bonchev–Trinajstić information content (AvgIpc) is 2.10. The lowest BCUT2D eigenvalue weighted by atomic mass is 10.2. The molecule has 0 saturated carbocycles. The fraction of sp³-hybridized carbons (Fsp3) is 0.714. The first-order valence-corrected chi connectivity index (χ1v) is 4.83. The van der Waals surface area contributed by atoms with Crippen molar-refractivity contribution in [2.75, 3.05) is 19.0 Å². The summed E-state index contributed by atoms with van der Waals surface area (Å²) in [6.45, 7) is -0.243. The van der Waals surface area contributed by atoms with Crippen molar-refractivity contribution in [3.05, 3.63) is 0 Å². The number of nitrogens with one attached hydrogen (secondary N) is 1. The highest BCUT2D eigenvalue weighted by molar-refractivity contribution is 9.09. The molecule has 1 atom stereocenters. The molecule has 0 unspecified atom stereocenters. The lowest BCUT2D eigenvalue weighted by Gasteiger charge is -2.13. The molecule has 76 valence electrons. The van der Waals surface area contributed by atoms with Crippen LogP contribution in [0.5, 0.6) is 0 Å². The zero-order valence-electron chi connectivity index (χ0n) is 7.25. The van der Waals surface area contributed by atoms with Gasteiger partial charge in [-0.05, 0) is 6.42 Å². The molecule has 0 bridgehead atoms. The quantitative estimate of drug-likeness (QED) is 0.515.